The SMILES string of the molecule is COc1ccnn1-c1ccc(Cl)cc1. The molecule has 0 atom stereocenters. The van der Waals surface area contributed by atoms with Crippen LogP contribution in [-0.2, 0) is 0 Å². The molecule has 14 heavy (non-hydrogen) atoms. The van der Waals surface area contributed by atoms with Crippen LogP contribution in [0.3, 0.4) is 0 Å². The van der Waals surface area contributed by atoms with Crippen LogP contribution in [0, 0.1) is 0 Å². The Morgan fingerprint density at radius 1 is 1.21 bits per heavy atom. The van der Waals surface area contributed by atoms with Crippen molar-refractivity contribution < 1.29 is 4.74 Å². The van der Waals surface area contributed by atoms with E-state index in [0.29, 0.717) is 10.9 Å². The molecule has 0 saturated carbocycles. The first kappa shape index (κ1) is 9.09. The van der Waals surface area contributed by atoms with Crippen LogP contribution in [0.4, 0.5) is 0 Å². The Bertz CT molecular complexity index is 422. The Morgan fingerprint density at radius 3 is 2.57 bits per heavy atom. The normalized spacial score (nSPS) is 10.1. The molecule has 0 spiro atoms. The van der Waals surface area contributed by atoms with Gasteiger partial charge >= 0.3 is 0 Å². The summed E-state index contributed by atoms with van der Waals surface area (Å²) >= 11 is 5.79. The summed E-state index contributed by atoms with van der Waals surface area (Å²) < 4.78 is 6.84. The van der Waals surface area contributed by atoms with Crippen LogP contribution in [0.15, 0.2) is 36.5 Å². The van der Waals surface area contributed by atoms with Crippen molar-refractivity contribution in [3.8, 4) is 11.6 Å². The van der Waals surface area contributed by atoms with Gasteiger partial charge in [-0.3, -0.25) is 0 Å². The van der Waals surface area contributed by atoms with E-state index in [1.807, 2.05) is 24.3 Å². The quantitative estimate of drug-likeness (QED) is 0.759. The Hall–Kier alpha value is -1.48. The summed E-state index contributed by atoms with van der Waals surface area (Å²) in [6, 6.07) is 9.21. The predicted octanol–water partition coefficient (Wildman–Crippen LogP) is 2.53. The summed E-state index contributed by atoms with van der Waals surface area (Å²) in [6.45, 7) is 0. The predicted molar refractivity (Wildman–Crippen MR) is 55.1 cm³/mol. The highest BCUT2D eigenvalue weighted by Crippen LogP contribution is 2.18. The molecule has 1 aromatic carbocycles. The number of hydrogen-bond donors (Lipinski definition) is 0. The first-order valence-electron chi connectivity index (χ1n) is 4.15. The van der Waals surface area contributed by atoms with Crippen molar-refractivity contribution in [2.75, 3.05) is 7.11 Å². The Labute approximate surface area is 86.9 Å². The molecular formula is C10H9ClN2O. The molecule has 72 valence electrons. The van der Waals surface area contributed by atoms with Crippen LogP contribution in [0.1, 0.15) is 0 Å². The average molecular weight is 209 g/mol. The van der Waals surface area contributed by atoms with Crippen molar-refractivity contribution in [2.45, 2.75) is 0 Å². The van der Waals surface area contributed by atoms with Gasteiger partial charge < -0.3 is 4.74 Å². The van der Waals surface area contributed by atoms with Crippen LogP contribution >= 0.6 is 11.6 Å². The van der Waals surface area contributed by atoms with Gasteiger partial charge in [0.25, 0.3) is 0 Å². The molecule has 3 nitrogen and oxygen atoms in total. The average Bonchev–Trinajstić information content (AvgIpc) is 2.67. The number of ether oxygens (including phenoxy) is 1. The maximum atomic E-state index is 5.79. The molecule has 1 heterocycles. The van der Waals surface area contributed by atoms with Gasteiger partial charge in [-0.2, -0.15) is 5.10 Å². The Kier molecular flexibility index (Phi) is 2.41. The third-order valence-electron chi connectivity index (χ3n) is 1.89. The summed E-state index contributed by atoms with van der Waals surface area (Å²) in [7, 11) is 1.61. The van der Waals surface area contributed by atoms with E-state index < -0.39 is 0 Å². The van der Waals surface area contributed by atoms with Crippen LogP contribution in [0.5, 0.6) is 5.88 Å². The second-order valence-electron chi connectivity index (χ2n) is 2.76. The maximum Gasteiger partial charge on any atom is 0.216 e. The number of nitrogens with zero attached hydrogens (tertiary/aromatic N) is 2. The van der Waals surface area contributed by atoms with E-state index in [1.165, 1.54) is 0 Å². The van der Waals surface area contributed by atoms with Crippen molar-refractivity contribution in [1.29, 1.82) is 0 Å². The number of benzene rings is 1. The van der Waals surface area contributed by atoms with Crippen LogP contribution < -0.4 is 4.74 Å². The highest BCUT2D eigenvalue weighted by Gasteiger charge is 2.03. The minimum Gasteiger partial charge on any atom is -0.481 e. The fraction of sp³-hybridized carbons (Fsp3) is 0.100. The molecule has 0 unspecified atom stereocenters. The van der Waals surface area contributed by atoms with Gasteiger partial charge in [0.15, 0.2) is 0 Å². The second-order valence-corrected chi connectivity index (χ2v) is 3.20. The van der Waals surface area contributed by atoms with Crippen molar-refractivity contribution >= 4 is 11.6 Å². The highest BCUT2D eigenvalue weighted by molar-refractivity contribution is 6.30. The topological polar surface area (TPSA) is 27.1 Å². The zero-order valence-electron chi connectivity index (χ0n) is 7.64. The second kappa shape index (κ2) is 3.72. The Balaban J connectivity index is 2.44. The van der Waals surface area contributed by atoms with E-state index in [1.54, 1.807) is 24.1 Å². The van der Waals surface area contributed by atoms with E-state index in [4.69, 9.17) is 16.3 Å². The minimum absolute atomic E-state index is 0.701. The monoisotopic (exact) mass is 208 g/mol. The van der Waals surface area contributed by atoms with Crippen molar-refractivity contribution in [3.05, 3.63) is 41.6 Å². The largest absolute Gasteiger partial charge is 0.481 e. The zero-order chi connectivity index (χ0) is 9.97. The van der Waals surface area contributed by atoms with Crippen molar-refractivity contribution in [2.24, 2.45) is 0 Å². The summed E-state index contributed by atoms with van der Waals surface area (Å²) in [5.41, 5.74) is 0.927. The third kappa shape index (κ3) is 1.59. The molecule has 0 amide bonds. The number of methoxy groups -OCH3 is 1. The zero-order valence-corrected chi connectivity index (χ0v) is 8.40. The summed E-state index contributed by atoms with van der Waals surface area (Å²) in [5, 5.41) is 4.84. The lowest BCUT2D eigenvalue weighted by Gasteiger charge is -2.05. The Morgan fingerprint density at radius 2 is 1.93 bits per heavy atom. The maximum absolute atomic E-state index is 5.79. The summed E-state index contributed by atoms with van der Waals surface area (Å²) in [4.78, 5) is 0. The fourth-order valence-corrected chi connectivity index (χ4v) is 1.35. The molecule has 2 rings (SSSR count). The molecule has 1 aromatic heterocycles. The lowest BCUT2D eigenvalue weighted by atomic mass is 10.3. The molecular weight excluding hydrogens is 200 g/mol. The molecule has 2 aromatic rings. The van der Waals surface area contributed by atoms with E-state index in [0.717, 1.165) is 5.69 Å². The summed E-state index contributed by atoms with van der Waals surface area (Å²) in [5.74, 6) is 0.701. The van der Waals surface area contributed by atoms with Gasteiger partial charge in [0.1, 0.15) is 0 Å². The van der Waals surface area contributed by atoms with Crippen molar-refractivity contribution in [3.63, 3.8) is 0 Å². The molecule has 4 heteroatoms. The van der Waals surface area contributed by atoms with Gasteiger partial charge in [0.05, 0.1) is 19.0 Å². The standard InChI is InChI=1S/C10H9ClN2O/c1-14-10-6-7-12-13(10)9-4-2-8(11)3-5-9/h2-7H,1H3. The molecule has 0 aliphatic carbocycles. The van der Waals surface area contributed by atoms with Gasteiger partial charge in [0, 0.05) is 11.1 Å². The molecule has 0 aliphatic rings. The van der Waals surface area contributed by atoms with E-state index in [2.05, 4.69) is 5.10 Å². The molecule has 0 saturated heterocycles. The van der Waals surface area contributed by atoms with Gasteiger partial charge in [-0.25, -0.2) is 4.68 Å². The highest BCUT2D eigenvalue weighted by atomic mass is 35.5. The minimum atomic E-state index is 0.701. The lowest BCUT2D eigenvalue weighted by molar-refractivity contribution is 0.383. The summed E-state index contributed by atoms with van der Waals surface area (Å²) in [6.07, 6.45) is 1.69. The molecule has 0 radical (unpaired) electrons. The van der Waals surface area contributed by atoms with E-state index in [-0.39, 0.29) is 0 Å². The smallest absolute Gasteiger partial charge is 0.216 e. The lowest BCUT2D eigenvalue weighted by Crippen LogP contribution is -1.98. The number of hydrogen-bond acceptors (Lipinski definition) is 2. The van der Waals surface area contributed by atoms with E-state index in [9.17, 15) is 0 Å². The molecule has 0 fully saturated rings. The third-order valence-corrected chi connectivity index (χ3v) is 2.14. The van der Waals surface area contributed by atoms with Gasteiger partial charge in [-0.15, -0.1) is 0 Å². The number of rotatable bonds is 2. The number of aromatic nitrogens is 2. The number of halogens is 1. The van der Waals surface area contributed by atoms with Crippen molar-refractivity contribution in [1.82, 2.24) is 9.78 Å². The van der Waals surface area contributed by atoms with Crippen LogP contribution in [0.2, 0.25) is 5.02 Å². The van der Waals surface area contributed by atoms with E-state index >= 15 is 0 Å². The van der Waals surface area contributed by atoms with Crippen LogP contribution in [-0.4, -0.2) is 16.9 Å². The van der Waals surface area contributed by atoms with Crippen LogP contribution in [0.25, 0.3) is 5.69 Å². The van der Waals surface area contributed by atoms with Gasteiger partial charge in [0.2, 0.25) is 5.88 Å². The first-order chi connectivity index (χ1) is 6.81. The molecule has 0 aliphatic heterocycles. The molecule has 0 N–H and O–H groups in total. The first-order valence-corrected chi connectivity index (χ1v) is 4.53. The van der Waals surface area contributed by atoms with Gasteiger partial charge in [-0.05, 0) is 24.3 Å². The fourth-order valence-electron chi connectivity index (χ4n) is 1.22. The van der Waals surface area contributed by atoms with Gasteiger partial charge in [-0.1, -0.05) is 11.6 Å². The molecule has 0 bridgehead atoms.